The van der Waals surface area contributed by atoms with E-state index in [0.717, 1.165) is 6.42 Å². The molecule has 122 valence electrons. The fourth-order valence-corrected chi connectivity index (χ4v) is 3.87. The number of carbonyl (C=O) groups is 1. The normalized spacial score (nSPS) is 27.7. The van der Waals surface area contributed by atoms with Crippen molar-refractivity contribution in [1.29, 1.82) is 5.26 Å². The van der Waals surface area contributed by atoms with Crippen molar-refractivity contribution in [1.82, 2.24) is 5.32 Å². The highest BCUT2D eigenvalue weighted by Crippen LogP contribution is 2.63. The second-order valence-corrected chi connectivity index (χ2v) is 7.50. The quantitative estimate of drug-likeness (QED) is 0.930. The SMILES string of the molecule is CC1(C)C[C@@]1(CNC(=O)C1(C#N)CCOCC1)c1ccccc1. The molecule has 1 aliphatic carbocycles. The number of ether oxygens (including phenoxy) is 1. The van der Waals surface area contributed by atoms with Crippen LogP contribution in [0.3, 0.4) is 0 Å². The molecule has 2 fully saturated rings. The molecule has 1 aromatic carbocycles. The van der Waals surface area contributed by atoms with E-state index in [4.69, 9.17) is 4.74 Å². The number of amides is 1. The minimum Gasteiger partial charge on any atom is -0.381 e. The number of benzene rings is 1. The van der Waals surface area contributed by atoms with Gasteiger partial charge in [0.2, 0.25) is 5.91 Å². The highest BCUT2D eigenvalue weighted by Gasteiger charge is 2.62. The molecule has 1 saturated heterocycles. The van der Waals surface area contributed by atoms with Gasteiger partial charge >= 0.3 is 0 Å². The molecule has 23 heavy (non-hydrogen) atoms. The van der Waals surface area contributed by atoms with E-state index in [1.54, 1.807) is 0 Å². The summed E-state index contributed by atoms with van der Waals surface area (Å²) in [5.41, 5.74) is 0.487. The minimum absolute atomic E-state index is 0.0221. The first kappa shape index (κ1) is 16.0. The number of nitrogens with one attached hydrogen (secondary N) is 1. The van der Waals surface area contributed by atoms with Gasteiger partial charge in [-0.25, -0.2) is 0 Å². The van der Waals surface area contributed by atoms with Gasteiger partial charge in [0.05, 0.1) is 6.07 Å². The zero-order valence-electron chi connectivity index (χ0n) is 13.9. The first-order chi connectivity index (χ1) is 11.0. The Balaban J connectivity index is 1.74. The number of hydrogen-bond donors (Lipinski definition) is 1. The van der Waals surface area contributed by atoms with Gasteiger partial charge in [-0.1, -0.05) is 44.2 Å². The van der Waals surface area contributed by atoms with E-state index >= 15 is 0 Å². The smallest absolute Gasteiger partial charge is 0.240 e. The average Bonchev–Trinajstić information content (AvgIpc) is 3.16. The number of nitriles is 1. The van der Waals surface area contributed by atoms with Crippen LogP contribution in [0.5, 0.6) is 0 Å². The molecule has 0 spiro atoms. The van der Waals surface area contributed by atoms with Crippen LogP contribution in [-0.4, -0.2) is 25.7 Å². The molecule has 0 radical (unpaired) electrons. The largest absolute Gasteiger partial charge is 0.381 e. The lowest BCUT2D eigenvalue weighted by Crippen LogP contribution is -2.46. The summed E-state index contributed by atoms with van der Waals surface area (Å²) in [5, 5.41) is 12.6. The van der Waals surface area contributed by atoms with Gasteiger partial charge in [0.25, 0.3) is 0 Å². The van der Waals surface area contributed by atoms with E-state index in [1.165, 1.54) is 5.56 Å². The number of nitrogens with zero attached hydrogens (tertiary/aromatic N) is 1. The van der Waals surface area contributed by atoms with Crippen LogP contribution in [0.2, 0.25) is 0 Å². The van der Waals surface area contributed by atoms with E-state index in [1.807, 2.05) is 18.2 Å². The van der Waals surface area contributed by atoms with Crippen molar-refractivity contribution in [3.63, 3.8) is 0 Å². The van der Waals surface area contributed by atoms with Crippen LogP contribution in [-0.2, 0) is 14.9 Å². The Bertz CT molecular complexity index is 627. The Kier molecular flexibility index (Phi) is 3.93. The predicted octanol–water partition coefficient (Wildman–Crippen LogP) is 2.79. The van der Waals surface area contributed by atoms with E-state index in [9.17, 15) is 10.1 Å². The maximum absolute atomic E-state index is 12.7. The maximum Gasteiger partial charge on any atom is 0.240 e. The van der Waals surface area contributed by atoms with Gasteiger partial charge in [-0.15, -0.1) is 0 Å². The van der Waals surface area contributed by atoms with Gasteiger partial charge in [-0.05, 0) is 30.2 Å². The lowest BCUT2D eigenvalue weighted by atomic mass is 9.80. The van der Waals surface area contributed by atoms with Gasteiger partial charge in [0, 0.05) is 25.2 Å². The zero-order chi connectivity index (χ0) is 16.6. The topological polar surface area (TPSA) is 62.1 Å². The van der Waals surface area contributed by atoms with E-state index in [2.05, 4.69) is 37.4 Å². The van der Waals surface area contributed by atoms with E-state index in [0.29, 0.717) is 32.6 Å². The summed E-state index contributed by atoms with van der Waals surface area (Å²) in [5.74, 6) is -0.138. The molecular weight excluding hydrogens is 288 g/mol. The second kappa shape index (κ2) is 5.65. The third-order valence-electron chi connectivity index (χ3n) is 5.79. The predicted molar refractivity (Wildman–Crippen MR) is 87.6 cm³/mol. The monoisotopic (exact) mass is 312 g/mol. The molecule has 1 saturated carbocycles. The molecule has 1 atom stereocenters. The highest BCUT2D eigenvalue weighted by atomic mass is 16.5. The average molecular weight is 312 g/mol. The van der Waals surface area contributed by atoms with Gasteiger partial charge in [0.1, 0.15) is 5.41 Å². The Labute approximate surface area is 137 Å². The summed E-state index contributed by atoms with van der Waals surface area (Å²) in [6.07, 6.45) is 2.01. The van der Waals surface area contributed by atoms with Crippen LogP contribution in [0.15, 0.2) is 30.3 Å². The summed E-state index contributed by atoms with van der Waals surface area (Å²) >= 11 is 0. The summed E-state index contributed by atoms with van der Waals surface area (Å²) in [7, 11) is 0. The molecule has 1 amide bonds. The van der Waals surface area contributed by atoms with Gasteiger partial charge < -0.3 is 10.1 Å². The highest BCUT2D eigenvalue weighted by molar-refractivity contribution is 5.85. The van der Waals surface area contributed by atoms with Gasteiger partial charge in [0.15, 0.2) is 0 Å². The maximum atomic E-state index is 12.7. The Morgan fingerprint density at radius 2 is 1.87 bits per heavy atom. The van der Waals surface area contributed by atoms with Crippen LogP contribution in [0, 0.1) is 22.2 Å². The molecule has 1 aromatic rings. The van der Waals surface area contributed by atoms with Crippen molar-refractivity contribution in [2.45, 2.75) is 38.5 Å². The van der Waals surface area contributed by atoms with Crippen LogP contribution < -0.4 is 5.32 Å². The fourth-order valence-electron chi connectivity index (χ4n) is 3.87. The number of hydrogen-bond acceptors (Lipinski definition) is 3. The first-order valence-electron chi connectivity index (χ1n) is 8.29. The third-order valence-corrected chi connectivity index (χ3v) is 5.79. The molecule has 3 rings (SSSR count). The van der Waals surface area contributed by atoms with Gasteiger partial charge in [-0.2, -0.15) is 5.26 Å². The molecular formula is C19H24N2O2. The lowest BCUT2D eigenvalue weighted by molar-refractivity contribution is -0.132. The van der Waals surface area contributed by atoms with Crippen molar-refractivity contribution in [3.05, 3.63) is 35.9 Å². The zero-order valence-corrected chi connectivity index (χ0v) is 13.9. The summed E-state index contributed by atoms with van der Waals surface area (Å²) in [6, 6.07) is 12.6. The molecule has 0 aromatic heterocycles. The Morgan fingerprint density at radius 1 is 1.26 bits per heavy atom. The second-order valence-electron chi connectivity index (χ2n) is 7.50. The van der Waals surface area contributed by atoms with Crippen molar-refractivity contribution >= 4 is 5.91 Å². The number of carbonyl (C=O) groups excluding carboxylic acids is 1. The van der Waals surface area contributed by atoms with Crippen LogP contribution >= 0.6 is 0 Å². The standard InChI is InChI=1S/C19H24N2O2/c1-17(2)12-19(17,15-6-4-3-5-7-15)14-21-16(22)18(13-20)8-10-23-11-9-18/h3-7H,8-12,14H2,1-2H3,(H,21,22)/t19-/m1/s1. The summed E-state index contributed by atoms with van der Waals surface area (Å²) in [4.78, 5) is 12.7. The van der Waals surface area contributed by atoms with Gasteiger partial charge in [-0.3, -0.25) is 4.79 Å². The third kappa shape index (κ3) is 2.64. The summed E-state index contributed by atoms with van der Waals surface area (Å²) in [6.45, 7) is 6.03. The molecule has 2 aliphatic rings. The molecule has 1 aliphatic heterocycles. The molecule has 0 unspecified atom stereocenters. The van der Waals surface area contributed by atoms with E-state index in [-0.39, 0.29) is 16.7 Å². The van der Waals surface area contributed by atoms with Crippen LogP contribution in [0.4, 0.5) is 0 Å². The van der Waals surface area contributed by atoms with E-state index < -0.39 is 5.41 Å². The molecule has 1 heterocycles. The Hall–Kier alpha value is -1.86. The lowest BCUT2D eigenvalue weighted by Gasteiger charge is -2.30. The van der Waals surface area contributed by atoms with Crippen molar-refractivity contribution in [3.8, 4) is 6.07 Å². The fraction of sp³-hybridized carbons (Fsp3) is 0.579. The van der Waals surface area contributed by atoms with Crippen LogP contribution in [0.25, 0.3) is 0 Å². The number of rotatable bonds is 4. The first-order valence-corrected chi connectivity index (χ1v) is 8.29. The van der Waals surface area contributed by atoms with Crippen molar-refractivity contribution in [2.24, 2.45) is 10.8 Å². The minimum atomic E-state index is -0.921. The molecule has 4 nitrogen and oxygen atoms in total. The van der Waals surface area contributed by atoms with Crippen LogP contribution in [0.1, 0.15) is 38.7 Å². The molecule has 0 bridgehead atoms. The van der Waals surface area contributed by atoms with Crippen molar-refractivity contribution in [2.75, 3.05) is 19.8 Å². The Morgan fingerprint density at radius 3 is 2.39 bits per heavy atom. The van der Waals surface area contributed by atoms with Crippen molar-refractivity contribution < 1.29 is 9.53 Å². The molecule has 1 N–H and O–H groups in total. The molecule has 4 heteroatoms. The summed E-state index contributed by atoms with van der Waals surface area (Å²) < 4.78 is 5.31.